The summed E-state index contributed by atoms with van der Waals surface area (Å²) in [5.41, 5.74) is 1.70. The number of amides is 1. The highest BCUT2D eigenvalue weighted by molar-refractivity contribution is 5.95. The number of carbonyl (C=O) groups excluding carboxylic acids is 2. The van der Waals surface area contributed by atoms with Crippen molar-refractivity contribution in [2.24, 2.45) is 0 Å². The van der Waals surface area contributed by atoms with Crippen LogP contribution in [0, 0.1) is 5.82 Å². The number of benzene rings is 2. The third kappa shape index (κ3) is 5.15. The van der Waals surface area contributed by atoms with Crippen LogP contribution in [-0.2, 0) is 4.74 Å². The quantitative estimate of drug-likeness (QED) is 0.555. The molecule has 0 aliphatic heterocycles. The summed E-state index contributed by atoms with van der Waals surface area (Å²) in [6.45, 7) is 4.73. The van der Waals surface area contributed by atoms with Gasteiger partial charge in [-0.05, 0) is 49.2 Å². The van der Waals surface area contributed by atoms with E-state index in [2.05, 4.69) is 12.2 Å². The van der Waals surface area contributed by atoms with E-state index in [0.29, 0.717) is 28.8 Å². The number of nitrogens with one attached hydrogen (secondary N) is 1. The molecule has 0 heterocycles. The first-order valence-corrected chi connectivity index (χ1v) is 8.92. The molecule has 0 aliphatic carbocycles. The standard InChI is InChI=1S/C21H24FNO3/c1-3-5-6-13-23-20(24)16-9-7-15(8-10-16)18-14-17(11-12-19(18)22)21(25)26-4-2/h7-12,14H,3-6,13H2,1-2H3,(H,23,24). The number of hydrogen-bond acceptors (Lipinski definition) is 3. The second kappa shape index (κ2) is 9.70. The van der Waals surface area contributed by atoms with Crippen LogP contribution >= 0.6 is 0 Å². The van der Waals surface area contributed by atoms with E-state index in [1.807, 2.05) is 0 Å². The van der Waals surface area contributed by atoms with Gasteiger partial charge in [-0.2, -0.15) is 0 Å². The number of halogens is 1. The zero-order valence-electron chi connectivity index (χ0n) is 15.2. The topological polar surface area (TPSA) is 55.4 Å². The predicted octanol–water partition coefficient (Wildman–Crippen LogP) is 4.59. The summed E-state index contributed by atoms with van der Waals surface area (Å²) in [5, 5.41) is 2.87. The number of unbranched alkanes of at least 4 members (excludes halogenated alkanes) is 2. The van der Waals surface area contributed by atoms with Crippen molar-refractivity contribution < 1.29 is 18.7 Å². The third-order valence-corrected chi connectivity index (χ3v) is 4.00. The minimum Gasteiger partial charge on any atom is -0.462 e. The second-order valence-electron chi connectivity index (χ2n) is 5.96. The number of rotatable bonds is 8. The maximum atomic E-state index is 14.2. The Morgan fingerprint density at radius 3 is 2.35 bits per heavy atom. The van der Waals surface area contributed by atoms with Gasteiger partial charge in [0, 0.05) is 17.7 Å². The van der Waals surface area contributed by atoms with Crippen molar-refractivity contribution in [2.75, 3.05) is 13.2 Å². The van der Waals surface area contributed by atoms with Gasteiger partial charge in [-0.25, -0.2) is 9.18 Å². The molecule has 2 aromatic carbocycles. The van der Waals surface area contributed by atoms with Gasteiger partial charge in [0.05, 0.1) is 12.2 Å². The van der Waals surface area contributed by atoms with Gasteiger partial charge in [0.2, 0.25) is 0 Å². The van der Waals surface area contributed by atoms with Crippen molar-refractivity contribution >= 4 is 11.9 Å². The largest absolute Gasteiger partial charge is 0.462 e. The molecule has 26 heavy (non-hydrogen) atoms. The molecular formula is C21H24FNO3. The molecular weight excluding hydrogens is 333 g/mol. The summed E-state index contributed by atoms with van der Waals surface area (Å²) in [5.74, 6) is -1.07. The first-order chi connectivity index (χ1) is 12.6. The van der Waals surface area contributed by atoms with E-state index in [1.165, 1.54) is 18.2 Å². The van der Waals surface area contributed by atoms with Gasteiger partial charge in [-0.1, -0.05) is 31.9 Å². The Hall–Kier alpha value is -2.69. The monoisotopic (exact) mass is 357 g/mol. The van der Waals surface area contributed by atoms with Crippen molar-refractivity contribution in [3.63, 3.8) is 0 Å². The maximum Gasteiger partial charge on any atom is 0.338 e. The molecule has 2 aromatic rings. The fourth-order valence-corrected chi connectivity index (χ4v) is 2.57. The minimum absolute atomic E-state index is 0.145. The average molecular weight is 357 g/mol. The van der Waals surface area contributed by atoms with E-state index >= 15 is 0 Å². The van der Waals surface area contributed by atoms with Crippen LogP contribution in [0.4, 0.5) is 4.39 Å². The van der Waals surface area contributed by atoms with E-state index in [0.717, 1.165) is 19.3 Å². The fraction of sp³-hybridized carbons (Fsp3) is 0.333. The van der Waals surface area contributed by atoms with Crippen LogP contribution in [0.2, 0.25) is 0 Å². The van der Waals surface area contributed by atoms with E-state index < -0.39 is 11.8 Å². The molecule has 0 bridgehead atoms. The third-order valence-electron chi connectivity index (χ3n) is 4.00. The normalized spacial score (nSPS) is 10.4. The predicted molar refractivity (Wildman–Crippen MR) is 99.7 cm³/mol. The average Bonchev–Trinajstić information content (AvgIpc) is 2.66. The molecule has 2 rings (SSSR count). The molecule has 0 atom stereocenters. The Bertz CT molecular complexity index is 756. The second-order valence-corrected chi connectivity index (χ2v) is 5.96. The number of ether oxygens (including phenoxy) is 1. The first-order valence-electron chi connectivity index (χ1n) is 8.92. The van der Waals surface area contributed by atoms with Crippen molar-refractivity contribution in [2.45, 2.75) is 33.1 Å². The summed E-state index contributed by atoms with van der Waals surface area (Å²) >= 11 is 0. The molecule has 0 saturated carbocycles. The van der Waals surface area contributed by atoms with Crippen molar-refractivity contribution in [3.05, 3.63) is 59.4 Å². The van der Waals surface area contributed by atoms with Crippen LogP contribution < -0.4 is 5.32 Å². The Balaban J connectivity index is 2.13. The van der Waals surface area contributed by atoms with E-state index in [9.17, 15) is 14.0 Å². The lowest BCUT2D eigenvalue weighted by Gasteiger charge is -2.09. The fourth-order valence-electron chi connectivity index (χ4n) is 2.57. The van der Waals surface area contributed by atoms with Gasteiger partial charge in [-0.15, -0.1) is 0 Å². The summed E-state index contributed by atoms with van der Waals surface area (Å²) < 4.78 is 19.1. The Morgan fingerprint density at radius 1 is 1.00 bits per heavy atom. The van der Waals surface area contributed by atoms with Gasteiger partial charge >= 0.3 is 5.97 Å². The molecule has 4 nitrogen and oxygen atoms in total. The molecule has 0 fully saturated rings. The summed E-state index contributed by atoms with van der Waals surface area (Å²) in [6, 6.07) is 10.8. The van der Waals surface area contributed by atoms with E-state index in [1.54, 1.807) is 31.2 Å². The lowest BCUT2D eigenvalue weighted by molar-refractivity contribution is 0.0526. The molecule has 0 unspecified atom stereocenters. The molecule has 0 aliphatic rings. The van der Waals surface area contributed by atoms with Crippen LogP contribution in [0.1, 0.15) is 53.8 Å². The van der Waals surface area contributed by atoms with Gasteiger partial charge in [0.1, 0.15) is 5.82 Å². The molecule has 1 amide bonds. The number of esters is 1. The van der Waals surface area contributed by atoms with E-state index in [4.69, 9.17) is 4.74 Å². The first kappa shape index (κ1) is 19.6. The van der Waals surface area contributed by atoms with Crippen molar-refractivity contribution in [1.29, 1.82) is 0 Å². The molecule has 0 spiro atoms. The lowest BCUT2D eigenvalue weighted by atomic mass is 10.0. The number of hydrogen-bond donors (Lipinski definition) is 1. The maximum absolute atomic E-state index is 14.2. The molecule has 0 radical (unpaired) electrons. The zero-order chi connectivity index (χ0) is 18.9. The van der Waals surface area contributed by atoms with Crippen LogP contribution in [-0.4, -0.2) is 25.0 Å². The molecule has 5 heteroatoms. The Labute approximate surface area is 153 Å². The number of carbonyl (C=O) groups is 2. The highest BCUT2D eigenvalue weighted by Crippen LogP contribution is 2.25. The molecule has 0 aromatic heterocycles. The highest BCUT2D eigenvalue weighted by Gasteiger charge is 2.13. The Kier molecular flexibility index (Phi) is 7.33. The van der Waals surface area contributed by atoms with Crippen molar-refractivity contribution in [3.8, 4) is 11.1 Å². The highest BCUT2D eigenvalue weighted by atomic mass is 19.1. The smallest absolute Gasteiger partial charge is 0.338 e. The van der Waals surface area contributed by atoms with Crippen molar-refractivity contribution in [1.82, 2.24) is 5.32 Å². The zero-order valence-corrected chi connectivity index (χ0v) is 15.2. The van der Waals surface area contributed by atoms with Crippen LogP contribution in [0.5, 0.6) is 0 Å². The summed E-state index contributed by atoms with van der Waals surface area (Å²) in [7, 11) is 0. The van der Waals surface area contributed by atoms with Gasteiger partial charge in [0.15, 0.2) is 0 Å². The molecule has 1 N–H and O–H groups in total. The van der Waals surface area contributed by atoms with Crippen LogP contribution in [0.3, 0.4) is 0 Å². The van der Waals surface area contributed by atoms with Gasteiger partial charge in [0.25, 0.3) is 5.91 Å². The molecule has 138 valence electrons. The summed E-state index contributed by atoms with van der Waals surface area (Å²) in [4.78, 5) is 23.9. The minimum atomic E-state index is -0.489. The lowest BCUT2D eigenvalue weighted by Crippen LogP contribution is -2.24. The molecule has 0 saturated heterocycles. The van der Waals surface area contributed by atoms with Crippen LogP contribution in [0.25, 0.3) is 11.1 Å². The Morgan fingerprint density at radius 2 is 1.69 bits per heavy atom. The van der Waals surface area contributed by atoms with Crippen LogP contribution in [0.15, 0.2) is 42.5 Å². The summed E-state index contributed by atoms with van der Waals surface area (Å²) in [6.07, 6.45) is 3.13. The van der Waals surface area contributed by atoms with E-state index in [-0.39, 0.29) is 12.5 Å². The van der Waals surface area contributed by atoms with Gasteiger partial charge < -0.3 is 10.1 Å². The van der Waals surface area contributed by atoms with Gasteiger partial charge in [-0.3, -0.25) is 4.79 Å². The SMILES string of the molecule is CCCCCNC(=O)c1ccc(-c2cc(C(=O)OCC)ccc2F)cc1.